The molecule has 38 heavy (non-hydrogen) atoms. The summed E-state index contributed by atoms with van der Waals surface area (Å²) in [6.07, 6.45) is 2.68. The molecule has 0 aliphatic rings. The zero-order valence-corrected chi connectivity index (χ0v) is 23.2. The molecule has 8 nitrogen and oxygen atoms in total. The maximum absolute atomic E-state index is 11.3. The lowest BCUT2D eigenvalue weighted by Crippen LogP contribution is -2.10. The number of hydrogen-bond donors (Lipinski definition) is 1. The fourth-order valence-corrected chi connectivity index (χ4v) is 4.70. The molecule has 1 heterocycles. The van der Waals surface area contributed by atoms with E-state index in [4.69, 9.17) is 30.9 Å². The van der Waals surface area contributed by atoms with Crippen molar-refractivity contribution in [3.05, 3.63) is 76.4 Å². The van der Waals surface area contributed by atoms with Crippen LogP contribution >= 0.6 is 11.6 Å². The molecule has 3 aromatic rings. The van der Waals surface area contributed by atoms with Gasteiger partial charge in [-0.3, -0.25) is 4.79 Å². The van der Waals surface area contributed by atoms with Gasteiger partial charge in [0.1, 0.15) is 22.2 Å². The summed E-state index contributed by atoms with van der Waals surface area (Å²) in [5, 5.41) is 9.69. The molecule has 3 rings (SSSR count). The minimum absolute atomic E-state index is 0.0667. The number of nitrogens with zero attached hydrogens (tertiary/aromatic N) is 1. The van der Waals surface area contributed by atoms with Gasteiger partial charge in [0, 0.05) is 41.3 Å². The van der Waals surface area contributed by atoms with Crippen LogP contribution in [0.4, 0.5) is 0 Å². The minimum Gasteiger partial charge on any atom is -0.489 e. The van der Waals surface area contributed by atoms with Crippen molar-refractivity contribution >= 4 is 27.4 Å². The van der Waals surface area contributed by atoms with Gasteiger partial charge in [-0.1, -0.05) is 29.8 Å². The molecule has 1 N–H and O–H groups in total. The standard InChI is InChI=1S/C28H32ClNO7S/c1-4-35-26(16-28(31)32)21-7-9-22(10-8-21)37-18-20-6-11-25(29)23(15-20)24-17-30-27(14-19(24)2)36-12-5-13-38(3,33)34/h6-11,14-15,17,26H,4-5,12-13,16,18H2,1-3H3,(H,31,32)/t26-/m0/s1. The molecule has 0 bridgehead atoms. The third-order valence-corrected chi connectivity index (χ3v) is 7.06. The van der Waals surface area contributed by atoms with E-state index in [1.165, 1.54) is 6.26 Å². The number of aromatic nitrogens is 1. The van der Waals surface area contributed by atoms with Crippen LogP contribution in [0.2, 0.25) is 5.02 Å². The summed E-state index contributed by atoms with van der Waals surface area (Å²) in [7, 11) is -3.02. The van der Waals surface area contributed by atoms with E-state index in [0.29, 0.717) is 36.3 Å². The van der Waals surface area contributed by atoms with Crippen LogP contribution in [0.3, 0.4) is 0 Å². The number of benzene rings is 2. The lowest BCUT2D eigenvalue weighted by molar-refractivity contribution is -0.140. The van der Waals surface area contributed by atoms with E-state index in [-0.39, 0.29) is 18.8 Å². The van der Waals surface area contributed by atoms with Crippen molar-refractivity contribution in [3.63, 3.8) is 0 Å². The second-order valence-electron chi connectivity index (χ2n) is 8.88. The van der Waals surface area contributed by atoms with E-state index in [1.807, 2.05) is 44.2 Å². The molecule has 0 aliphatic heterocycles. The first-order valence-corrected chi connectivity index (χ1v) is 14.6. The fourth-order valence-electron chi connectivity index (χ4n) is 3.84. The van der Waals surface area contributed by atoms with Gasteiger partial charge >= 0.3 is 5.97 Å². The SMILES string of the molecule is CCO[C@@H](CC(=O)O)c1ccc(OCc2ccc(Cl)c(-c3cnc(OCCCS(C)(=O)=O)cc3C)c2)cc1. The smallest absolute Gasteiger partial charge is 0.306 e. The van der Waals surface area contributed by atoms with Gasteiger partial charge in [0.15, 0.2) is 0 Å². The molecule has 0 fully saturated rings. The predicted octanol–water partition coefficient (Wildman–Crippen LogP) is 5.66. The van der Waals surface area contributed by atoms with Crippen molar-refractivity contribution in [2.24, 2.45) is 0 Å². The number of carboxylic acids is 1. The monoisotopic (exact) mass is 561 g/mol. The van der Waals surface area contributed by atoms with Gasteiger partial charge in [-0.25, -0.2) is 13.4 Å². The maximum atomic E-state index is 11.3. The number of aliphatic carboxylic acids is 1. The van der Waals surface area contributed by atoms with Crippen LogP contribution < -0.4 is 9.47 Å². The summed E-state index contributed by atoms with van der Waals surface area (Å²) in [5.74, 6) is 0.219. The molecular formula is C28H32ClNO7S. The molecule has 0 amide bonds. The number of sulfone groups is 1. The van der Waals surface area contributed by atoms with Gasteiger partial charge in [0.25, 0.3) is 0 Å². The fraction of sp³-hybridized carbons (Fsp3) is 0.357. The molecule has 0 saturated heterocycles. The Morgan fingerprint density at radius 2 is 1.82 bits per heavy atom. The molecular weight excluding hydrogens is 530 g/mol. The molecule has 0 aliphatic carbocycles. The second-order valence-corrected chi connectivity index (χ2v) is 11.6. The summed E-state index contributed by atoms with van der Waals surface area (Å²) >= 11 is 6.50. The normalized spacial score (nSPS) is 12.2. The Kier molecular flexibility index (Phi) is 10.5. The van der Waals surface area contributed by atoms with Crippen molar-refractivity contribution in [3.8, 4) is 22.8 Å². The van der Waals surface area contributed by atoms with Crippen molar-refractivity contribution < 1.29 is 32.5 Å². The highest BCUT2D eigenvalue weighted by atomic mass is 35.5. The minimum atomic E-state index is -3.02. The summed E-state index contributed by atoms with van der Waals surface area (Å²) in [5.41, 5.74) is 4.27. The molecule has 204 valence electrons. The Morgan fingerprint density at radius 1 is 1.08 bits per heavy atom. The number of rotatable bonds is 14. The van der Waals surface area contributed by atoms with Crippen molar-refractivity contribution in [2.45, 2.75) is 39.4 Å². The number of hydrogen-bond acceptors (Lipinski definition) is 7. The number of pyridine rings is 1. The molecule has 0 spiro atoms. The van der Waals surface area contributed by atoms with Gasteiger partial charge in [0.05, 0.1) is 24.9 Å². The Morgan fingerprint density at radius 3 is 2.45 bits per heavy atom. The summed E-state index contributed by atoms with van der Waals surface area (Å²) in [6, 6.07) is 14.7. The topological polar surface area (TPSA) is 112 Å². The first kappa shape index (κ1) is 29.4. The molecule has 0 radical (unpaired) electrons. The van der Waals surface area contributed by atoms with E-state index >= 15 is 0 Å². The van der Waals surface area contributed by atoms with E-state index in [9.17, 15) is 13.2 Å². The van der Waals surface area contributed by atoms with Crippen LogP contribution in [-0.4, -0.2) is 49.7 Å². The van der Waals surface area contributed by atoms with Crippen LogP contribution in [0, 0.1) is 6.92 Å². The molecule has 0 unspecified atom stereocenters. The lowest BCUT2D eigenvalue weighted by Gasteiger charge is -2.16. The van der Waals surface area contributed by atoms with Crippen LogP contribution in [0.5, 0.6) is 11.6 Å². The van der Waals surface area contributed by atoms with E-state index in [0.717, 1.165) is 27.8 Å². The Balaban J connectivity index is 1.66. The van der Waals surface area contributed by atoms with Crippen molar-refractivity contribution in [2.75, 3.05) is 25.2 Å². The van der Waals surface area contributed by atoms with Crippen LogP contribution in [-0.2, 0) is 26.0 Å². The maximum Gasteiger partial charge on any atom is 0.306 e. The van der Waals surface area contributed by atoms with Crippen molar-refractivity contribution in [1.29, 1.82) is 0 Å². The number of ether oxygens (including phenoxy) is 3. The van der Waals surface area contributed by atoms with Gasteiger partial charge < -0.3 is 19.3 Å². The van der Waals surface area contributed by atoms with Gasteiger partial charge in [-0.15, -0.1) is 0 Å². The van der Waals surface area contributed by atoms with Gasteiger partial charge in [0.2, 0.25) is 5.88 Å². The number of halogens is 1. The summed E-state index contributed by atoms with van der Waals surface area (Å²) < 4.78 is 39.6. The summed E-state index contributed by atoms with van der Waals surface area (Å²) in [6.45, 7) is 4.75. The van der Waals surface area contributed by atoms with E-state index in [1.54, 1.807) is 24.4 Å². The zero-order chi connectivity index (χ0) is 27.7. The highest BCUT2D eigenvalue weighted by molar-refractivity contribution is 7.90. The van der Waals surface area contributed by atoms with Crippen LogP contribution in [0.1, 0.15) is 42.6 Å². The van der Waals surface area contributed by atoms with Crippen LogP contribution in [0.25, 0.3) is 11.1 Å². The quantitative estimate of drug-likeness (QED) is 0.251. The molecule has 1 atom stereocenters. The third-order valence-electron chi connectivity index (χ3n) is 5.70. The first-order valence-electron chi connectivity index (χ1n) is 12.2. The highest BCUT2D eigenvalue weighted by Crippen LogP contribution is 2.32. The van der Waals surface area contributed by atoms with E-state index in [2.05, 4.69) is 4.98 Å². The largest absolute Gasteiger partial charge is 0.489 e. The lowest BCUT2D eigenvalue weighted by atomic mass is 10.0. The first-order chi connectivity index (χ1) is 18.1. The van der Waals surface area contributed by atoms with E-state index < -0.39 is 21.9 Å². The molecule has 1 aromatic heterocycles. The Bertz CT molecular complexity index is 1340. The number of aryl methyl sites for hydroxylation is 1. The van der Waals surface area contributed by atoms with Crippen LogP contribution in [0.15, 0.2) is 54.7 Å². The highest BCUT2D eigenvalue weighted by Gasteiger charge is 2.16. The Hall–Kier alpha value is -3.14. The zero-order valence-electron chi connectivity index (χ0n) is 21.6. The van der Waals surface area contributed by atoms with Gasteiger partial charge in [-0.2, -0.15) is 0 Å². The number of carboxylic acid groups (broad SMARTS) is 1. The summed E-state index contributed by atoms with van der Waals surface area (Å²) in [4.78, 5) is 15.5. The molecule has 0 saturated carbocycles. The second kappa shape index (κ2) is 13.6. The van der Waals surface area contributed by atoms with Crippen molar-refractivity contribution in [1.82, 2.24) is 4.98 Å². The predicted molar refractivity (Wildman–Crippen MR) is 147 cm³/mol. The molecule has 10 heteroatoms. The van der Waals surface area contributed by atoms with Gasteiger partial charge in [-0.05, 0) is 61.2 Å². The molecule has 2 aromatic carbocycles. The average Bonchev–Trinajstić information content (AvgIpc) is 2.86. The Labute approximate surface area is 228 Å². The average molecular weight is 562 g/mol. The number of carbonyl (C=O) groups is 1. The third kappa shape index (κ3) is 9.01.